The van der Waals surface area contributed by atoms with Crippen molar-refractivity contribution in [3.05, 3.63) is 0 Å². The standard InChI is InChI=1S/C21H38O4/c1-15(2)11-19(7,17(3,4)5)16(22)25-21-10-8-9-20(24,14-21)12-18(6,23)13-21/h15,23-24H,8-14H2,1-7H3. The fourth-order valence-electron chi connectivity index (χ4n) is 5.23. The van der Waals surface area contributed by atoms with Gasteiger partial charge < -0.3 is 14.9 Å². The second kappa shape index (κ2) is 6.23. The Morgan fingerprint density at radius 2 is 1.68 bits per heavy atom. The molecule has 0 aromatic rings. The minimum absolute atomic E-state index is 0.185. The maximum Gasteiger partial charge on any atom is 0.312 e. The third-order valence-corrected chi connectivity index (χ3v) is 6.57. The number of esters is 1. The lowest BCUT2D eigenvalue weighted by molar-refractivity contribution is -0.226. The molecule has 0 spiro atoms. The van der Waals surface area contributed by atoms with Crippen molar-refractivity contribution < 1.29 is 19.7 Å². The molecule has 2 fully saturated rings. The summed E-state index contributed by atoms with van der Waals surface area (Å²) in [6.07, 6.45) is 4.20. The van der Waals surface area contributed by atoms with Gasteiger partial charge in [0.05, 0.1) is 16.6 Å². The van der Waals surface area contributed by atoms with Crippen LogP contribution in [0.4, 0.5) is 0 Å². The lowest BCUT2D eigenvalue weighted by atomic mass is 9.60. The van der Waals surface area contributed by atoms with E-state index >= 15 is 0 Å². The third-order valence-electron chi connectivity index (χ3n) is 6.57. The average molecular weight is 355 g/mol. The van der Waals surface area contributed by atoms with Gasteiger partial charge in [0, 0.05) is 19.3 Å². The van der Waals surface area contributed by atoms with Crippen LogP contribution in [-0.4, -0.2) is 33.0 Å². The van der Waals surface area contributed by atoms with Crippen LogP contribution in [0.2, 0.25) is 0 Å². The van der Waals surface area contributed by atoms with E-state index in [2.05, 4.69) is 34.6 Å². The van der Waals surface area contributed by atoms with E-state index < -0.39 is 22.2 Å². The molecule has 0 aliphatic heterocycles. The number of carbonyl (C=O) groups is 1. The van der Waals surface area contributed by atoms with Crippen LogP contribution < -0.4 is 0 Å². The van der Waals surface area contributed by atoms with Crippen molar-refractivity contribution in [2.24, 2.45) is 16.7 Å². The van der Waals surface area contributed by atoms with Gasteiger partial charge in [-0.1, -0.05) is 34.6 Å². The molecule has 0 aromatic heterocycles. The van der Waals surface area contributed by atoms with Crippen LogP contribution in [-0.2, 0) is 9.53 Å². The van der Waals surface area contributed by atoms with Crippen molar-refractivity contribution in [1.29, 1.82) is 0 Å². The van der Waals surface area contributed by atoms with Crippen LogP contribution in [0, 0.1) is 16.7 Å². The monoisotopic (exact) mass is 354 g/mol. The quantitative estimate of drug-likeness (QED) is 0.742. The molecule has 2 aliphatic carbocycles. The fourth-order valence-corrected chi connectivity index (χ4v) is 5.23. The molecule has 2 N–H and O–H groups in total. The summed E-state index contributed by atoms with van der Waals surface area (Å²) < 4.78 is 6.18. The van der Waals surface area contributed by atoms with E-state index in [-0.39, 0.29) is 11.4 Å². The topological polar surface area (TPSA) is 66.8 Å². The molecule has 0 aromatic carbocycles. The van der Waals surface area contributed by atoms with Gasteiger partial charge in [-0.3, -0.25) is 4.79 Å². The molecule has 4 atom stereocenters. The predicted octanol–water partition coefficient (Wildman–Crippen LogP) is 4.22. The van der Waals surface area contributed by atoms with Gasteiger partial charge in [0.1, 0.15) is 5.60 Å². The molecule has 2 saturated carbocycles. The van der Waals surface area contributed by atoms with E-state index in [0.29, 0.717) is 31.6 Å². The molecule has 0 heterocycles. The van der Waals surface area contributed by atoms with E-state index in [1.807, 2.05) is 6.92 Å². The van der Waals surface area contributed by atoms with E-state index in [1.165, 1.54) is 0 Å². The van der Waals surface area contributed by atoms with Crippen LogP contribution >= 0.6 is 0 Å². The number of hydrogen-bond donors (Lipinski definition) is 2. The summed E-state index contributed by atoms with van der Waals surface area (Å²) in [4.78, 5) is 13.3. The average Bonchev–Trinajstić information content (AvgIpc) is 2.32. The minimum Gasteiger partial charge on any atom is -0.458 e. The fraction of sp³-hybridized carbons (Fsp3) is 0.952. The Morgan fingerprint density at radius 1 is 1.08 bits per heavy atom. The van der Waals surface area contributed by atoms with Gasteiger partial charge in [-0.25, -0.2) is 0 Å². The van der Waals surface area contributed by atoms with Crippen molar-refractivity contribution in [2.75, 3.05) is 0 Å². The summed E-state index contributed by atoms with van der Waals surface area (Å²) in [7, 11) is 0. The van der Waals surface area contributed by atoms with E-state index in [0.717, 1.165) is 19.3 Å². The second-order valence-electron chi connectivity index (χ2n) is 10.9. The molecule has 4 heteroatoms. The zero-order chi connectivity index (χ0) is 19.3. The van der Waals surface area contributed by atoms with Crippen molar-refractivity contribution in [1.82, 2.24) is 0 Å². The van der Waals surface area contributed by atoms with Gasteiger partial charge in [0.2, 0.25) is 0 Å². The number of aliphatic hydroxyl groups is 2. The summed E-state index contributed by atoms with van der Waals surface area (Å²) in [5.41, 5.74) is -3.49. The van der Waals surface area contributed by atoms with Crippen LogP contribution in [0.5, 0.6) is 0 Å². The number of rotatable bonds is 4. The lowest BCUT2D eigenvalue weighted by Crippen LogP contribution is -2.60. The highest BCUT2D eigenvalue weighted by atomic mass is 16.6. The Kier molecular flexibility index (Phi) is 5.16. The third kappa shape index (κ3) is 4.21. The molecule has 25 heavy (non-hydrogen) atoms. The molecule has 0 amide bonds. The summed E-state index contributed by atoms with van der Waals surface area (Å²) >= 11 is 0. The second-order valence-corrected chi connectivity index (χ2v) is 10.9. The van der Waals surface area contributed by atoms with Gasteiger partial charge in [0.25, 0.3) is 0 Å². The van der Waals surface area contributed by atoms with Gasteiger partial charge in [-0.15, -0.1) is 0 Å². The van der Waals surface area contributed by atoms with Crippen molar-refractivity contribution in [2.45, 2.75) is 110 Å². The molecule has 4 unspecified atom stereocenters. The maximum absolute atomic E-state index is 13.3. The van der Waals surface area contributed by atoms with Crippen molar-refractivity contribution in [3.63, 3.8) is 0 Å². The lowest BCUT2D eigenvalue weighted by Gasteiger charge is -2.55. The molecule has 0 saturated heterocycles. The van der Waals surface area contributed by atoms with Gasteiger partial charge in [-0.05, 0) is 50.9 Å². The molecule has 146 valence electrons. The number of fused-ring (bicyclic) bond motifs is 2. The van der Waals surface area contributed by atoms with Gasteiger partial charge >= 0.3 is 5.97 Å². The van der Waals surface area contributed by atoms with Crippen molar-refractivity contribution >= 4 is 5.97 Å². The molecule has 2 bridgehead atoms. The largest absolute Gasteiger partial charge is 0.458 e. The maximum atomic E-state index is 13.3. The number of carbonyl (C=O) groups excluding carboxylic acids is 1. The van der Waals surface area contributed by atoms with Crippen LogP contribution in [0.25, 0.3) is 0 Å². The first-order valence-electron chi connectivity index (χ1n) is 9.80. The minimum atomic E-state index is -0.996. The van der Waals surface area contributed by atoms with Gasteiger partial charge in [-0.2, -0.15) is 0 Å². The molecular weight excluding hydrogens is 316 g/mol. The molecular formula is C21H38O4. The summed E-state index contributed by atoms with van der Waals surface area (Å²) in [6, 6.07) is 0. The van der Waals surface area contributed by atoms with Crippen LogP contribution in [0.15, 0.2) is 0 Å². The summed E-state index contributed by atoms with van der Waals surface area (Å²) in [6.45, 7) is 14.3. The first-order valence-corrected chi connectivity index (χ1v) is 9.80. The molecule has 2 rings (SSSR count). The van der Waals surface area contributed by atoms with Gasteiger partial charge in [0.15, 0.2) is 0 Å². The highest BCUT2D eigenvalue weighted by Crippen LogP contribution is 2.53. The Labute approximate surface area is 153 Å². The molecule has 0 radical (unpaired) electrons. The van der Waals surface area contributed by atoms with E-state index in [1.54, 1.807) is 6.92 Å². The smallest absolute Gasteiger partial charge is 0.312 e. The zero-order valence-electron chi connectivity index (χ0n) is 17.2. The summed E-state index contributed by atoms with van der Waals surface area (Å²) in [5.74, 6) is 0.197. The zero-order valence-corrected chi connectivity index (χ0v) is 17.2. The SMILES string of the molecule is CC(C)CC(C)(C(=O)OC12CCCC(O)(CC(C)(O)C1)C2)C(C)(C)C. The molecule has 4 nitrogen and oxygen atoms in total. The first kappa shape index (κ1) is 20.7. The van der Waals surface area contributed by atoms with E-state index in [4.69, 9.17) is 4.74 Å². The van der Waals surface area contributed by atoms with Crippen LogP contribution in [0.1, 0.15) is 93.4 Å². The number of hydrogen-bond acceptors (Lipinski definition) is 4. The Balaban J connectivity index is 2.30. The first-order chi connectivity index (χ1) is 11.1. The number of ether oxygens (including phenoxy) is 1. The van der Waals surface area contributed by atoms with Crippen molar-refractivity contribution in [3.8, 4) is 0 Å². The molecule has 2 aliphatic rings. The Morgan fingerprint density at radius 3 is 2.20 bits per heavy atom. The highest BCUT2D eigenvalue weighted by Gasteiger charge is 2.58. The van der Waals surface area contributed by atoms with Crippen LogP contribution in [0.3, 0.4) is 0 Å². The predicted molar refractivity (Wildman–Crippen MR) is 99.1 cm³/mol. The van der Waals surface area contributed by atoms with E-state index in [9.17, 15) is 15.0 Å². The highest BCUT2D eigenvalue weighted by molar-refractivity contribution is 5.78. The Hall–Kier alpha value is -0.610. The Bertz CT molecular complexity index is 514. The summed E-state index contributed by atoms with van der Waals surface area (Å²) in [5, 5.41) is 21.6. The normalized spacial score (nSPS) is 38.3.